The molecule has 0 unspecified atom stereocenters. The zero-order chi connectivity index (χ0) is 17.9. The summed E-state index contributed by atoms with van der Waals surface area (Å²) >= 11 is 0. The number of likely N-dealkylation sites (tertiary alicyclic amines) is 1. The number of fused-ring (bicyclic) bond motifs is 1. The van der Waals surface area contributed by atoms with Crippen LogP contribution in [0.1, 0.15) is 44.3 Å². The standard InChI is InChI=1S/C18H24N6O2/c1-2-14-11-15(26-22-14)12-19-18(25)23-9-6-13(7-10-23)17-21-20-16-5-3-4-8-24(16)17/h3-5,8,13,15H,2,6-7,9-12H2,1H3,(H,19,25)/t15-/m0/s1. The number of piperidine rings is 1. The fourth-order valence-electron chi connectivity index (χ4n) is 3.60. The molecule has 8 heteroatoms. The van der Waals surface area contributed by atoms with E-state index in [1.54, 1.807) is 0 Å². The van der Waals surface area contributed by atoms with Crippen molar-refractivity contribution in [2.24, 2.45) is 5.16 Å². The molecule has 0 aliphatic carbocycles. The Balaban J connectivity index is 1.27. The van der Waals surface area contributed by atoms with E-state index < -0.39 is 0 Å². The predicted octanol–water partition coefficient (Wildman–Crippen LogP) is 2.17. The number of pyridine rings is 1. The highest BCUT2D eigenvalue weighted by molar-refractivity contribution is 5.85. The molecule has 0 bridgehead atoms. The van der Waals surface area contributed by atoms with Gasteiger partial charge in [-0.1, -0.05) is 18.1 Å². The van der Waals surface area contributed by atoms with Crippen molar-refractivity contribution in [3.63, 3.8) is 0 Å². The SMILES string of the molecule is CCC1=NO[C@H](CNC(=O)N2CCC(c3nnc4ccccn34)CC2)C1. The molecule has 1 saturated heterocycles. The van der Waals surface area contributed by atoms with Crippen LogP contribution in [-0.2, 0) is 4.84 Å². The summed E-state index contributed by atoms with van der Waals surface area (Å²) in [5, 5.41) is 15.6. The zero-order valence-electron chi connectivity index (χ0n) is 15.0. The second kappa shape index (κ2) is 7.31. The predicted molar refractivity (Wildman–Crippen MR) is 97.1 cm³/mol. The molecule has 138 valence electrons. The molecule has 0 radical (unpaired) electrons. The van der Waals surface area contributed by atoms with Crippen LogP contribution in [0.25, 0.3) is 5.65 Å². The number of carbonyl (C=O) groups excluding carboxylic acids is 1. The summed E-state index contributed by atoms with van der Waals surface area (Å²) in [6.07, 6.45) is 5.46. The van der Waals surface area contributed by atoms with Gasteiger partial charge in [-0.2, -0.15) is 0 Å². The normalized spacial score (nSPS) is 20.9. The molecule has 1 atom stereocenters. The number of hydrogen-bond donors (Lipinski definition) is 1. The number of urea groups is 1. The highest BCUT2D eigenvalue weighted by Crippen LogP contribution is 2.27. The molecule has 8 nitrogen and oxygen atoms in total. The summed E-state index contributed by atoms with van der Waals surface area (Å²) in [4.78, 5) is 19.6. The van der Waals surface area contributed by atoms with Gasteiger partial charge in [0.25, 0.3) is 0 Å². The first-order valence-electron chi connectivity index (χ1n) is 9.28. The Morgan fingerprint density at radius 2 is 2.15 bits per heavy atom. The average Bonchev–Trinajstić information content (AvgIpc) is 3.33. The highest BCUT2D eigenvalue weighted by Gasteiger charge is 2.28. The van der Waals surface area contributed by atoms with Gasteiger partial charge in [-0.05, 0) is 31.4 Å². The van der Waals surface area contributed by atoms with Gasteiger partial charge in [-0.25, -0.2) is 4.79 Å². The fraction of sp³-hybridized carbons (Fsp3) is 0.556. The van der Waals surface area contributed by atoms with E-state index >= 15 is 0 Å². The molecule has 0 saturated carbocycles. The number of aromatic nitrogens is 3. The summed E-state index contributed by atoms with van der Waals surface area (Å²) < 4.78 is 2.04. The number of carbonyl (C=O) groups is 1. The first-order valence-corrected chi connectivity index (χ1v) is 9.28. The number of nitrogens with one attached hydrogen (secondary N) is 1. The highest BCUT2D eigenvalue weighted by atomic mass is 16.6. The summed E-state index contributed by atoms with van der Waals surface area (Å²) in [5.41, 5.74) is 1.93. The van der Waals surface area contributed by atoms with Gasteiger partial charge in [-0.15, -0.1) is 10.2 Å². The maximum absolute atomic E-state index is 12.4. The van der Waals surface area contributed by atoms with Crippen molar-refractivity contribution < 1.29 is 9.63 Å². The number of oxime groups is 1. The molecule has 2 amide bonds. The van der Waals surface area contributed by atoms with Crippen molar-refractivity contribution in [1.29, 1.82) is 0 Å². The van der Waals surface area contributed by atoms with E-state index in [0.717, 1.165) is 56.0 Å². The van der Waals surface area contributed by atoms with Crippen molar-refractivity contribution in [1.82, 2.24) is 24.8 Å². The van der Waals surface area contributed by atoms with E-state index in [1.807, 2.05) is 33.7 Å². The van der Waals surface area contributed by atoms with Gasteiger partial charge in [0.15, 0.2) is 5.65 Å². The van der Waals surface area contributed by atoms with Crippen LogP contribution in [0.5, 0.6) is 0 Å². The van der Waals surface area contributed by atoms with Gasteiger partial charge in [0.05, 0.1) is 12.3 Å². The van der Waals surface area contributed by atoms with E-state index in [2.05, 4.69) is 27.6 Å². The Bertz CT molecular complexity index is 809. The third-order valence-corrected chi connectivity index (χ3v) is 5.17. The largest absolute Gasteiger partial charge is 0.390 e. The van der Waals surface area contributed by atoms with Crippen LogP contribution in [-0.4, -0.2) is 57.0 Å². The lowest BCUT2D eigenvalue weighted by molar-refractivity contribution is 0.0842. The lowest BCUT2D eigenvalue weighted by atomic mass is 9.96. The second-order valence-corrected chi connectivity index (χ2v) is 6.88. The quantitative estimate of drug-likeness (QED) is 0.910. The maximum Gasteiger partial charge on any atom is 0.317 e. The maximum atomic E-state index is 12.4. The molecule has 0 aromatic carbocycles. The number of nitrogens with zero attached hydrogens (tertiary/aromatic N) is 5. The third kappa shape index (κ3) is 3.36. The van der Waals surface area contributed by atoms with Crippen LogP contribution < -0.4 is 5.32 Å². The van der Waals surface area contributed by atoms with Crippen molar-refractivity contribution in [3.05, 3.63) is 30.2 Å². The topological polar surface area (TPSA) is 84.1 Å². The summed E-state index contributed by atoms with van der Waals surface area (Å²) in [6.45, 7) is 4.01. The summed E-state index contributed by atoms with van der Waals surface area (Å²) in [6, 6.07) is 5.88. The van der Waals surface area contributed by atoms with Gasteiger partial charge >= 0.3 is 6.03 Å². The molecule has 1 N–H and O–H groups in total. The van der Waals surface area contributed by atoms with Crippen LogP contribution in [0.3, 0.4) is 0 Å². The number of amides is 2. The van der Waals surface area contributed by atoms with E-state index in [4.69, 9.17) is 4.84 Å². The zero-order valence-corrected chi connectivity index (χ0v) is 15.0. The Morgan fingerprint density at radius 3 is 2.92 bits per heavy atom. The molecular weight excluding hydrogens is 332 g/mol. The van der Waals surface area contributed by atoms with Crippen LogP contribution in [0.2, 0.25) is 0 Å². The van der Waals surface area contributed by atoms with E-state index in [9.17, 15) is 4.79 Å². The third-order valence-electron chi connectivity index (χ3n) is 5.17. The lowest BCUT2D eigenvalue weighted by Crippen LogP contribution is -2.46. The van der Waals surface area contributed by atoms with Gasteiger partial charge in [-0.3, -0.25) is 4.40 Å². The van der Waals surface area contributed by atoms with Gasteiger partial charge in [0, 0.05) is 31.6 Å². The van der Waals surface area contributed by atoms with Crippen LogP contribution in [0.15, 0.2) is 29.6 Å². The molecule has 2 aromatic heterocycles. The monoisotopic (exact) mass is 356 g/mol. The molecule has 4 rings (SSSR count). The first-order chi connectivity index (χ1) is 12.7. The summed E-state index contributed by atoms with van der Waals surface area (Å²) in [5.74, 6) is 1.32. The molecule has 2 aliphatic heterocycles. The van der Waals surface area contributed by atoms with Crippen molar-refractivity contribution in [2.75, 3.05) is 19.6 Å². The van der Waals surface area contributed by atoms with Crippen molar-refractivity contribution in [2.45, 2.75) is 44.6 Å². The Hall–Kier alpha value is -2.64. The number of rotatable bonds is 4. The second-order valence-electron chi connectivity index (χ2n) is 6.88. The van der Waals surface area contributed by atoms with Gasteiger partial charge in [0.1, 0.15) is 11.9 Å². The molecule has 26 heavy (non-hydrogen) atoms. The average molecular weight is 356 g/mol. The molecular formula is C18H24N6O2. The fourth-order valence-corrected chi connectivity index (χ4v) is 3.60. The Morgan fingerprint density at radius 1 is 1.31 bits per heavy atom. The smallest absolute Gasteiger partial charge is 0.317 e. The van der Waals surface area contributed by atoms with Gasteiger partial charge in [0.2, 0.25) is 0 Å². The van der Waals surface area contributed by atoms with Gasteiger partial charge < -0.3 is 15.1 Å². The minimum atomic E-state index is -0.0335. The van der Waals surface area contributed by atoms with Crippen molar-refractivity contribution >= 4 is 17.4 Å². The molecule has 1 fully saturated rings. The van der Waals surface area contributed by atoms with Crippen LogP contribution in [0, 0.1) is 0 Å². The summed E-state index contributed by atoms with van der Waals surface area (Å²) in [7, 11) is 0. The Kier molecular flexibility index (Phi) is 4.73. The van der Waals surface area contributed by atoms with Crippen LogP contribution >= 0.6 is 0 Å². The molecule has 2 aromatic rings. The first kappa shape index (κ1) is 16.8. The lowest BCUT2D eigenvalue weighted by Gasteiger charge is -2.31. The minimum absolute atomic E-state index is 0.0249. The van der Waals surface area contributed by atoms with Crippen molar-refractivity contribution in [3.8, 4) is 0 Å². The molecule has 4 heterocycles. The van der Waals surface area contributed by atoms with E-state index in [-0.39, 0.29) is 12.1 Å². The molecule has 0 spiro atoms. The van der Waals surface area contributed by atoms with Crippen LogP contribution in [0.4, 0.5) is 4.79 Å². The minimum Gasteiger partial charge on any atom is -0.390 e. The van der Waals surface area contributed by atoms with E-state index in [0.29, 0.717) is 12.5 Å². The Labute approximate surface area is 152 Å². The van der Waals surface area contributed by atoms with E-state index in [1.165, 1.54) is 0 Å². The molecule has 2 aliphatic rings. The number of hydrogen-bond acceptors (Lipinski definition) is 5.